The van der Waals surface area contributed by atoms with Crippen molar-refractivity contribution in [3.05, 3.63) is 108 Å². The molecule has 0 aliphatic heterocycles. The van der Waals surface area contributed by atoms with Gasteiger partial charge in [-0.3, -0.25) is 23.7 Å². The highest BCUT2D eigenvalue weighted by Gasteiger charge is 2.19. The number of aryl methyl sites for hydroxylation is 1. The summed E-state index contributed by atoms with van der Waals surface area (Å²) in [5.41, 5.74) is -0.409. The van der Waals surface area contributed by atoms with Gasteiger partial charge in [0.2, 0.25) is 0 Å². The van der Waals surface area contributed by atoms with Crippen molar-refractivity contribution in [3.8, 4) is 17.2 Å². The van der Waals surface area contributed by atoms with Crippen LogP contribution in [0.15, 0.2) is 79.8 Å². The van der Waals surface area contributed by atoms with E-state index in [2.05, 4.69) is 0 Å². The summed E-state index contributed by atoms with van der Waals surface area (Å²) in [6.07, 6.45) is 3.95. The lowest BCUT2D eigenvalue weighted by atomic mass is 10.1. The Morgan fingerprint density at radius 1 is 0.579 bits per heavy atom. The van der Waals surface area contributed by atoms with Crippen LogP contribution in [0.25, 0.3) is 27.2 Å². The third kappa shape index (κ3) is 4.77. The maximum absolute atomic E-state index is 13.0. The van der Waals surface area contributed by atoms with Crippen LogP contribution < -0.4 is 31.7 Å². The molecule has 3 aromatic carbocycles. The van der Waals surface area contributed by atoms with Gasteiger partial charge in [0.1, 0.15) is 11.5 Å². The van der Waals surface area contributed by atoms with Crippen molar-refractivity contribution in [2.24, 2.45) is 7.05 Å². The average molecular weight is 513 g/mol. The average Bonchev–Trinajstić information content (AvgIpc) is 3.30. The van der Waals surface area contributed by atoms with Gasteiger partial charge in [-0.15, -0.1) is 0 Å². The predicted molar refractivity (Wildman–Crippen MR) is 148 cm³/mol. The van der Waals surface area contributed by atoms with E-state index in [0.29, 0.717) is 24.7 Å². The van der Waals surface area contributed by atoms with Crippen LogP contribution in [0.1, 0.15) is 31.2 Å². The van der Waals surface area contributed by atoms with Crippen LogP contribution in [-0.4, -0.2) is 22.3 Å². The summed E-state index contributed by atoms with van der Waals surface area (Å²) in [4.78, 5) is 50.7. The predicted octanol–water partition coefficient (Wildman–Crippen LogP) is 3.77. The molecule has 0 fully saturated rings. The van der Waals surface area contributed by atoms with Crippen LogP contribution in [0.4, 0.5) is 0 Å². The molecule has 194 valence electrons. The highest BCUT2D eigenvalue weighted by Crippen LogP contribution is 2.18. The van der Waals surface area contributed by atoms with E-state index in [-0.39, 0.29) is 21.5 Å². The standard InChI is InChI=1S/C30H28N2O6/c1-19-7-11-21(12-8-19)37-15-5-3-4-6-16-38-22-13-9-20(10-14-22)32-29(35)25-17-23-24(18-26(25)30(32)36)28(34)31(2)27(23)33/h7-14,17-18H,3-6,15-16H2,1-2H3. The fraction of sp³-hybridized carbons (Fsp3) is 0.267. The van der Waals surface area contributed by atoms with Crippen LogP contribution in [0, 0.1) is 6.92 Å². The van der Waals surface area contributed by atoms with Gasteiger partial charge in [-0.05, 0) is 81.1 Å². The Morgan fingerprint density at radius 3 is 1.47 bits per heavy atom. The lowest BCUT2D eigenvalue weighted by Crippen LogP contribution is -2.23. The van der Waals surface area contributed by atoms with Crippen LogP contribution >= 0.6 is 0 Å². The molecule has 5 rings (SSSR count). The second-order valence-corrected chi connectivity index (χ2v) is 9.48. The van der Waals surface area contributed by atoms with Gasteiger partial charge in [0.15, 0.2) is 0 Å². The molecule has 0 spiro atoms. The summed E-state index contributed by atoms with van der Waals surface area (Å²) < 4.78 is 13.6. The van der Waals surface area contributed by atoms with Gasteiger partial charge >= 0.3 is 0 Å². The van der Waals surface area contributed by atoms with Crippen LogP contribution in [0.3, 0.4) is 0 Å². The van der Waals surface area contributed by atoms with Crippen molar-refractivity contribution in [2.75, 3.05) is 13.2 Å². The SMILES string of the molecule is Cc1ccc(OCCCCCCOc2ccc(-n3c(=O)c4cc5c(=O)n(C)c(=O)c5cc4c3=O)cc2)cc1. The van der Waals surface area contributed by atoms with Crippen LogP contribution in [0.2, 0.25) is 0 Å². The summed E-state index contributed by atoms with van der Waals surface area (Å²) in [5.74, 6) is 1.54. The summed E-state index contributed by atoms with van der Waals surface area (Å²) in [6, 6.07) is 17.5. The molecule has 38 heavy (non-hydrogen) atoms. The lowest BCUT2D eigenvalue weighted by Gasteiger charge is -2.08. The number of unbranched alkanes of at least 4 members (excludes halogenated alkanes) is 3. The van der Waals surface area contributed by atoms with E-state index in [4.69, 9.17) is 9.47 Å². The van der Waals surface area contributed by atoms with Crippen molar-refractivity contribution >= 4 is 21.5 Å². The number of hydrogen-bond donors (Lipinski definition) is 0. The summed E-state index contributed by atoms with van der Waals surface area (Å²) in [7, 11) is 1.37. The first-order valence-corrected chi connectivity index (χ1v) is 12.7. The summed E-state index contributed by atoms with van der Waals surface area (Å²) >= 11 is 0. The molecule has 8 nitrogen and oxygen atoms in total. The normalized spacial score (nSPS) is 11.4. The Kier molecular flexibility index (Phi) is 6.96. The number of aromatic nitrogens is 2. The first-order chi connectivity index (χ1) is 18.3. The van der Waals surface area contributed by atoms with Crippen molar-refractivity contribution in [1.82, 2.24) is 9.13 Å². The van der Waals surface area contributed by atoms with Crippen molar-refractivity contribution in [2.45, 2.75) is 32.6 Å². The number of fused-ring (bicyclic) bond motifs is 2. The molecular weight excluding hydrogens is 484 g/mol. The van der Waals surface area contributed by atoms with Gasteiger partial charge < -0.3 is 9.47 Å². The summed E-state index contributed by atoms with van der Waals surface area (Å²) in [5, 5.41) is 0.521. The molecule has 0 unspecified atom stereocenters. The fourth-order valence-corrected chi connectivity index (χ4v) is 4.59. The van der Waals surface area contributed by atoms with Crippen molar-refractivity contribution in [3.63, 3.8) is 0 Å². The Balaban J connectivity index is 1.17. The highest BCUT2D eigenvalue weighted by atomic mass is 16.5. The van der Waals surface area contributed by atoms with Gasteiger partial charge in [0.25, 0.3) is 22.2 Å². The molecule has 0 amide bonds. The van der Waals surface area contributed by atoms with E-state index in [1.54, 1.807) is 24.3 Å². The van der Waals surface area contributed by atoms with E-state index in [1.165, 1.54) is 24.7 Å². The minimum Gasteiger partial charge on any atom is -0.494 e. The van der Waals surface area contributed by atoms with Crippen LogP contribution in [0.5, 0.6) is 11.5 Å². The molecular formula is C30H28N2O6. The Labute approximate surface area is 218 Å². The minimum absolute atomic E-state index is 0.120. The zero-order chi connectivity index (χ0) is 26.8. The maximum atomic E-state index is 13.0. The van der Waals surface area contributed by atoms with E-state index < -0.39 is 22.2 Å². The smallest absolute Gasteiger partial charge is 0.266 e. The third-order valence-corrected chi connectivity index (χ3v) is 6.79. The topological polar surface area (TPSA) is 96.6 Å². The largest absolute Gasteiger partial charge is 0.494 e. The van der Waals surface area contributed by atoms with E-state index in [9.17, 15) is 19.2 Å². The van der Waals surface area contributed by atoms with Gasteiger partial charge in [0.05, 0.1) is 40.4 Å². The van der Waals surface area contributed by atoms with Gasteiger partial charge in [0, 0.05) is 7.05 Å². The second kappa shape index (κ2) is 10.5. The first kappa shape index (κ1) is 25.2. The summed E-state index contributed by atoms with van der Waals surface area (Å²) in [6.45, 7) is 3.30. The van der Waals surface area contributed by atoms with Gasteiger partial charge in [-0.1, -0.05) is 17.7 Å². The Morgan fingerprint density at radius 2 is 1.00 bits per heavy atom. The van der Waals surface area contributed by atoms with Crippen molar-refractivity contribution < 1.29 is 9.47 Å². The molecule has 2 heterocycles. The Bertz CT molecular complexity index is 1730. The molecule has 8 heteroatoms. The minimum atomic E-state index is -0.525. The quantitative estimate of drug-likeness (QED) is 0.264. The Hall–Kier alpha value is -4.46. The molecule has 0 aliphatic rings. The molecule has 2 aromatic heterocycles. The number of hydrogen-bond acceptors (Lipinski definition) is 6. The molecule has 0 radical (unpaired) electrons. The van der Waals surface area contributed by atoms with E-state index in [0.717, 1.165) is 40.6 Å². The molecule has 0 N–H and O–H groups in total. The fourth-order valence-electron chi connectivity index (χ4n) is 4.59. The zero-order valence-corrected chi connectivity index (χ0v) is 21.4. The molecule has 0 saturated carbocycles. The molecule has 5 aromatic rings. The van der Waals surface area contributed by atoms with Crippen LogP contribution in [-0.2, 0) is 7.05 Å². The third-order valence-electron chi connectivity index (χ3n) is 6.79. The second-order valence-electron chi connectivity index (χ2n) is 9.48. The van der Waals surface area contributed by atoms with Gasteiger partial charge in [-0.25, -0.2) is 4.57 Å². The molecule has 0 bridgehead atoms. The monoisotopic (exact) mass is 512 g/mol. The highest BCUT2D eigenvalue weighted by molar-refractivity contribution is 5.98. The lowest BCUT2D eigenvalue weighted by molar-refractivity contribution is 0.287. The maximum Gasteiger partial charge on any atom is 0.266 e. The number of nitrogens with zero attached hydrogens (tertiary/aromatic N) is 2. The number of ether oxygens (including phenoxy) is 2. The first-order valence-electron chi connectivity index (χ1n) is 12.7. The van der Waals surface area contributed by atoms with Crippen molar-refractivity contribution in [1.29, 1.82) is 0 Å². The van der Waals surface area contributed by atoms with E-state index >= 15 is 0 Å². The molecule has 0 saturated heterocycles. The molecule has 0 atom stereocenters. The van der Waals surface area contributed by atoms with E-state index in [1.807, 2.05) is 31.2 Å². The van der Waals surface area contributed by atoms with Gasteiger partial charge in [-0.2, -0.15) is 0 Å². The zero-order valence-electron chi connectivity index (χ0n) is 21.4. The number of rotatable bonds is 10. The molecule has 0 aliphatic carbocycles. The number of benzene rings is 3.